The highest BCUT2D eigenvalue weighted by Gasteiger charge is 2.11. The van der Waals surface area contributed by atoms with E-state index in [9.17, 15) is 10.1 Å². The summed E-state index contributed by atoms with van der Waals surface area (Å²) in [6, 6.07) is 6.74. The van der Waals surface area contributed by atoms with Crippen LogP contribution < -0.4 is 10.6 Å². The third-order valence-corrected chi connectivity index (χ3v) is 4.06. The highest BCUT2D eigenvalue weighted by molar-refractivity contribution is 5.79. The van der Waals surface area contributed by atoms with Crippen LogP contribution in [0.4, 0.5) is 5.69 Å². The molecule has 6 nitrogen and oxygen atoms in total. The van der Waals surface area contributed by atoms with Crippen molar-refractivity contribution < 1.29 is 4.92 Å². The lowest BCUT2D eigenvalue weighted by Gasteiger charge is -2.15. The van der Waals surface area contributed by atoms with Gasteiger partial charge in [-0.25, -0.2) is 4.99 Å². The maximum absolute atomic E-state index is 11.1. The molecule has 0 aliphatic heterocycles. The molecule has 1 aromatic carbocycles. The second-order valence-electron chi connectivity index (χ2n) is 5.87. The van der Waals surface area contributed by atoms with Crippen LogP contribution in [0.1, 0.15) is 44.6 Å². The molecule has 1 aliphatic carbocycles. The number of rotatable bonds is 7. The van der Waals surface area contributed by atoms with E-state index >= 15 is 0 Å². The number of nitro groups is 1. The van der Waals surface area contributed by atoms with Crippen LogP contribution in [0.3, 0.4) is 0 Å². The third kappa shape index (κ3) is 5.68. The monoisotopic (exact) mass is 330 g/mol. The van der Waals surface area contributed by atoms with E-state index in [1.54, 1.807) is 18.2 Å². The van der Waals surface area contributed by atoms with E-state index in [-0.39, 0.29) is 17.2 Å². The summed E-state index contributed by atoms with van der Waals surface area (Å²) in [5, 5.41) is 17.6. The number of nitrogens with one attached hydrogen (secondary N) is 2. The highest BCUT2D eigenvalue weighted by Crippen LogP contribution is 2.20. The Balaban J connectivity index is 1.93. The minimum atomic E-state index is -0.360. The van der Waals surface area contributed by atoms with E-state index in [0.29, 0.717) is 11.5 Å². The first-order valence-electron chi connectivity index (χ1n) is 8.63. The van der Waals surface area contributed by atoms with Crippen LogP contribution in [0.15, 0.2) is 40.9 Å². The quantitative estimate of drug-likeness (QED) is 0.263. The Morgan fingerprint density at radius 3 is 2.83 bits per heavy atom. The molecule has 0 unspecified atom stereocenters. The number of nitro benzene ring substituents is 1. The van der Waals surface area contributed by atoms with Crippen LogP contribution >= 0.6 is 0 Å². The minimum absolute atomic E-state index is 0.115. The van der Waals surface area contributed by atoms with Gasteiger partial charge < -0.3 is 10.6 Å². The molecule has 0 spiro atoms. The number of guanidine groups is 1. The van der Waals surface area contributed by atoms with Crippen LogP contribution in [-0.4, -0.2) is 24.0 Å². The molecular weight excluding hydrogens is 304 g/mol. The number of hydrogen-bond acceptors (Lipinski definition) is 3. The Morgan fingerprint density at radius 1 is 1.29 bits per heavy atom. The Hall–Kier alpha value is -2.37. The molecule has 0 heterocycles. The van der Waals surface area contributed by atoms with Gasteiger partial charge in [-0.2, -0.15) is 0 Å². The maximum Gasteiger partial charge on any atom is 0.274 e. The van der Waals surface area contributed by atoms with Crippen LogP contribution in [0.5, 0.6) is 0 Å². The molecule has 2 rings (SSSR count). The number of aliphatic imine (C=N–C) groups is 1. The molecule has 0 saturated carbocycles. The Morgan fingerprint density at radius 2 is 2.12 bits per heavy atom. The summed E-state index contributed by atoms with van der Waals surface area (Å²) in [4.78, 5) is 15.2. The van der Waals surface area contributed by atoms with E-state index in [4.69, 9.17) is 0 Å². The minimum Gasteiger partial charge on any atom is -0.357 e. The first kappa shape index (κ1) is 18.0. The van der Waals surface area contributed by atoms with Gasteiger partial charge in [0.2, 0.25) is 0 Å². The second-order valence-corrected chi connectivity index (χ2v) is 5.87. The molecule has 1 aromatic rings. The Bertz CT molecular complexity index is 611. The summed E-state index contributed by atoms with van der Waals surface area (Å²) in [6.45, 7) is 3.88. The lowest BCUT2D eigenvalue weighted by atomic mass is 9.97. The van der Waals surface area contributed by atoms with E-state index in [1.165, 1.54) is 37.3 Å². The molecule has 0 atom stereocenters. The van der Waals surface area contributed by atoms with Crippen LogP contribution in [0.25, 0.3) is 0 Å². The van der Waals surface area contributed by atoms with Crippen molar-refractivity contribution in [3.63, 3.8) is 0 Å². The maximum atomic E-state index is 11.1. The summed E-state index contributed by atoms with van der Waals surface area (Å²) in [5.41, 5.74) is 2.25. The van der Waals surface area contributed by atoms with Crippen LogP contribution in [0, 0.1) is 10.1 Å². The van der Waals surface area contributed by atoms with Crippen molar-refractivity contribution in [1.82, 2.24) is 10.6 Å². The zero-order valence-electron chi connectivity index (χ0n) is 14.3. The van der Waals surface area contributed by atoms with Crippen LogP contribution in [-0.2, 0) is 6.54 Å². The fourth-order valence-electron chi connectivity index (χ4n) is 2.80. The molecule has 24 heavy (non-hydrogen) atoms. The Kier molecular flexibility index (Phi) is 7.26. The van der Waals surface area contributed by atoms with E-state index in [2.05, 4.69) is 21.7 Å². The van der Waals surface area contributed by atoms with Crippen molar-refractivity contribution in [2.75, 3.05) is 13.1 Å². The van der Waals surface area contributed by atoms with Crippen molar-refractivity contribution in [3.8, 4) is 0 Å². The van der Waals surface area contributed by atoms with E-state index in [1.807, 2.05) is 6.92 Å². The van der Waals surface area contributed by atoms with Gasteiger partial charge in [0.05, 0.1) is 17.0 Å². The van der Waals surface area contributed by atoms with Crippen molar-refractivity contribution >= 4 is 11.6 Å². The number of benzene rings is 1. The zero-order valence-corrected chi connectivity index (χ0v) is 14.3. The lowest BCUT2D eigenvalue weighted by Crippen LogP contribution is -2.37. The van der Waals surface area contributed by atoms with Crippen LogP contribution in [0.2, 0.25) is 0 Å². The predicted molar refractivity (Wildman–Crippen MR) is 97.1 cm³/mol. The smallest absolute Gasteiger partial charge is 0.274 e. The highest BCUT2D eigenvalue weighted by atomic mass is 16.6. The molecule has 0 fully saturated rings. The Labute approximate surface area is 143 Å². The van der Waals surface area contributed by atoms with Gasteiger partial charge in [0.1, 0.15) is 0 Å². The van der Waals surface area contributed by atoms with Gasteiger partial charge >= 0.3 is 0 Å². The molecule has 0 amide bonds. The van der Waals surface area contributed by atoms with E-state index in [0.717, 1.165) is 19.5 Å². The number of para-hydroxylation sites is 1. The first-order valence-corrected chi connectivity index (χ1v) is 8.63. The SMILES string of the molecule is CCNC(=NCc1ccccc1[N+](=O)[O-])NCCC1=CCCCC1. The molecule has 0 radical (unpaired) electrons. The normalized spacial score (nSPS) is 14.9. The fraction of sp³-hybridized carbons (Fsp3) is 0.500. The number of nitrogens with zero attached hydrogens (tertiary/aromatic N) is 2. The molecule has 0 aromatic heterocycles. The van der Waals surface area contributed by atoms with Gasteiger partial charge in [0, 0.05) is 19.2 Å². The third-order valence-electron chi connectivity index (χ3n) is 4.06. The van der Waals surface area contributed by atoms with Gasteiger partial charge in [-0.05, 0) is 39.0 Å². The van der Waals surface area contributed by atoms with Gasteiger partial charge in [-0.15, -0.1) is 0 Å². The molecule has 6 heteroatoms. The topological polar surface area (TPSA) is 79.6 Å². The predicted octanol–water partition coefficient (Wildman–Crippen LogP) is 3.54. The summed E-state index contributed by atoms with van der Waals surface area (Å²) < 4.78 is 0. The summed E-state index contributed by atoms with van der Waals surface area (Å²) in [7, 11) is 0. The molecule has 2 N–H and O–H groups in total. The number of hydrogen-bond donors (Lipinski definition) is 2. The van der Waals surface area contributed by atoms with Crippen molar-refractivity contribution in [1.29, 1.82) is 0 Å². The van der Waals surface area contributed by atoms with Gasteiger partial charge in [0.25, 0.3) is 5.69 Å². The fourth-order valence-corrected chi connectivity index (χ4v) is 2.80. The van der Waals surface area contributed by atoms with Gasteiger partial charge in [0.15, 0.2) is 5.96 Å². The molecule has 0 bridgehead atoms. The van der Waals surface area contributed by atoms with E-state index < -0.39 is 0 Å². The van der Waals surface area contributed by atoms with Gasteiger partial charge in [-0.3, -0.25) is 10.1 Å². The van der Waals surface area contributed by atoms with Crippen molar-refractivity contribution in [2.24, 2.45) is 4.99 Å². The summed E-state index contributed by atoms with van der Waals surface area (Å²) in [5.74, 6) is 0.701. The number of allylic oxidation sites excluding steroid dienone is 1. The standard InChI is InChI=1S/C18H26N4O2/c1-2-19-18(20-13-12-15-8-4-3-5-9-15)21-14-16-10-6-7-11-17(16)22(23)24/h6-8,10-11H,2-5,9,12-14H2,1H3,(H2,19,20,21). The summed E-state index contributed by atoms with van der Waals surface area (Å²) >= 11 is 0. The van der Waals surface area contributed by atoms with Crippen molar-refractivity contribution in [2.45, 2.75) is 45.6 Å². The lowest BCUT2D eigenvalue weighted by molar-refractivity contribution is -0.385. The van der Waals surface area contributed by atoms with Crippen molar-refractivity contribution in [3.05, 3.63) is 51.6 Å². The molecule has 0 saturated heterocycles. The zero-order chi connectivity index (χ0) is 17.2. The molecule has 130 valence electrons. The first-order chi connectivity index (χ1) is 11.7. The van der Waals surface area contributed by atoms with Gasteiger partial charge in [-0.1, -0.05) is 29.8 Å². The molecule has 1 aliphatic rings. The second kappa shape index (κ2) is 9.70. The summed E-state index contributed by atoms with van der Waals surface area (Å²) in [6.07, 6.45) is 8.36. The molecular formula is C18H26N4O2. The average molecular weight is 330 g/mol. The largest absolute Gasteiger partial charge is 0.357 e. The average Bonchev–Trinajstić information content (AvgIpc) is 2.60.